The molecule has 0 aromatic rings. The fraction of sp³-hybridized carbons (Fsp3) is 0.857. The molecule has 1 fully saturated rings. The van der Waals surface area contributed by atoms with Crippen molar-refractivity contribution in [2.75, 3.05) is 33.4 Å². The molecule has 1 aliphatic rings. The van der Waals surface area contributed by atoms with E-state index in [1.165, 1.54) is 4.90 Å². The molecule has 0 bridgehead atoms. The Hall–Kier alpha value is -1.14. The number of piperidine rings is 1. The molecular weight excluding hydrogens is 260 g/mol. The lowest BCUT2D eigenvalue weighted by Gasteiger charge is -2.41. The molecule has 2 N–H and O–H groups in total. The van der Waals surface area contributed by atoms with E-state index in [4.69, 9.17) is 9.84 Å². The number of amides is 1. The molecule has 1 heterocycles. The molecule has 1 saturated heterocycles. The first kappa shape index (κ1) is 16.9. The molecule has 1 amide bonds. The van der Waals surface area contributed by atoms with Gasteiger partial charge in [-0.2, -0.15) is 0 Å². The van der Waals surface area contributed by atoms with Gasteiger partial charge in [0.2, 0.25) is 5.91 Å². The highest BCUT2D eigenvalue weighted by molar-refractivity contribution is 5.86. The molecule has 6 nitrogen and oxygen atoms in total. The summed E-state index contributed by atoms with van der Waals surface area (Å²) in [7, 11) is 1.59. The van der Waals surface area contributed by atoms with E-state index in [1.54, 1.807) is 7.11 Å². The largest absolute Gasteiger partial charge is 0.480 e. The van der Waals surface area contributed by atoms with Crippen molar-refractivity contribution in [2.45, 2.75) is 39.2 Å². The molecular formula is C14H26N2O4. The van der Waals surface area contributed by atoms with E-state index in [2.05, 4.69) is 5.32 Å². The number of carbonyl (C=O) groups is 2. The summed E-state index contributed by atoms with van der Waals surface area (Å²) in [4.78, 5) is 25.4. The lowest BCUT2D eigenvalue weighted by atomic mass is 9.78. The lowest BCUT2D eigenvalue weighted by molar-refractivity contribution is -0.155. The van der Waals surface area contributed by atoms with Crippen LogP contribution in [0.2, 0.25) is 0 Å². The van der Waals surface area contributed by atoms with Gasteiger partial charge in [0.15, 0.2) is 0 Å². The van der Waals surface area contributed by atoms with Crippen LogP contribution in [0.15, 0.2) is 0 Å². The number of nitrogens with zero attached hydrogens (tertiary/aromatic N) is 1. The molecule has 6 heteroatoms. The minimum Gasteiger partial charge on any atom is -0.480 e. The smallest absolute Gasteiger partial charge is 0.323 e. The number of rotatable bonds is 7. The van der Waals surface area contributed by atoms with Crippen LogP contribution < -0.4 is 5.32 Å². The van der Waals surface area contributed by atoms with Crippen LogP contribution in [0.3, 0.4) is 0 Å². The predicted octanol–water partition coefficient (Wildman–Crippen LogP) is 0.714. The number of carboxylic acid groups (broad SMARTS) is 1. The fourth-order valence-electron chi connectivity index (χ4n) is 2.70. The number of aliphatic carboxylic acids is 1. The van der Waals surface area contributed by atoms with Gasteiger partial charge in [-0.15, -0.1) is 0 Å². The van der Waals surface area contributed by atoms with Crippen LogP contribution in [-0.2, 0) is 14.3 Å². The Morgan fingerprint density at radius 2 is 2.00 bits per heavy atom. The Balaban J connectivity index is 2.96. The van der Waals surface area contributed by atoms with E-state index in [0.29, 0.717) is 19.4 Å². The summed E-state index contributed by atoms with van der Waals surface area (Å²) in [5.74, 6) is -1.06. The van der Waals surface area contributed by atoms with Crippen LogP contribution in [0.4, 0.5) is 0 Å². The molecule has 0 saturated carbocycles. The predicted molar refractivity (Wildman–Crippen MR) is 75.5 cm³/mol. The van der Waals surface area contributed by atoms with Crippen molar-refractivity contribution < 1.29 is 19.4 Å². The van der Waals surface area contributed by atoms with E-state index >= 15 is 0 Å². The topological polar surface area (TPSA) is 78.9 Å². The molecule has 0 aromatic carbocycles. The van der Waals surface area contributed by atoms with Gasteiger partial charge in [0, 0.05) is 13.2 Å². The number of carbonyl (C=O) groups excluding carboxylic acids is 1. The Morgan fingerprint density at radius 3 is 2.45 bits per heavy atom. The van der Waals surface area contributed by atoms with Crippen LogP contribution in [0.25, 0.3) is 0 Å². The summed E-state index contributed by atoms with van der Waals surface area (Å²) in [6.07, 6.45) is 2.11. The maximum absolute atomic E-state index is 12.9. The minimum absolute atomic E-state index is 0.0813. The van der Waals surface area contributed by atoms with Gasteiger partial charge in [-0.3, -0.25) is 9.59 Å². The van der Waals surface area contributed by atoms with Crippen LogP contribution in [0.1, 0.15) is 33.1 Å². The third-order valence-electron chi connectivity index (χ3n) is 4.12. The van der Waals surface area contributed by atoms with Gasteiger partial charge in [0.1, 0.15) is 6.54 Å². The van der Waals surface area contributed by atoms with Crippen molar-refractivity contribution in [3.05, 3.63) is 0 Å². The van der Waals surface area contributed by atoms with E-state index in [9.17, 15) is 9.59 Å². The molecule has 1 aliphatic heterocycles. The summed E-state index contributed by atoms with van der Waals surface area (Å²) >= 11 is 0. The first-order chi connectivity index (χ1) is 9.46. The van der Waals surface area contributed by atoms with Gasteiger partial charge in [-0.25, -0.2) is 0 Å². The fourth-order valence-corrected chi connectivity index (χ4v) is 2.70. The minimum atomic E-state index is -0.972. The van der Waals surface area contributed by atoms with Gasteiger partial charge in [0.25, 0.3) is 0 Å². The van der Waals surface area contributed by atoms with Gasteiger partial charge < -0.3 is 20.1 Å². The van der Waals surface area contributed by atoms with E-state index in [-0.39, 0.29) is 18.5 Å². The first-order valence-electron chi connectivity index (χ1n) is 7.19. The Labute approximate surface area is 120 Å². The lowest BCUT2D eigenvalue weighted by Crippen LogP contribution is -2.54. The van der Waals surface area contributed by atoms with E-state index in [1.807, 2.05) is 13.8 Å². The zero-order valence-electron chi connectivity index (χ0n) is 12.6. The monoisotopic (exact) mass is 286 g/mol. The molecule has 0 aliphatic carbocycles. The molecule has 1 atom stereocenters. The number of carboxylic acids is 1. The molecule has 20 heavy (non-hydrogen) atoms. The third-order valence-corrected chi connectivity index (χ3v) is 4.12. The number of nitrogens with one attached hydrogen (secondary N) is 1. The van der Waals surface area contributed by atoms with Crippen molar-refractivity contribution in [2.24, 2.45) is 5.41 Å². The maximum atomic E-state index is 12.9. The Kier molecular flexibility index (Phi) is 6.42. The molecule has 116 valence electrons. The van der Waals surface area contributed by atoms with Crippen molar-refractivity contribution in [1.82, 2.24) is 10.2 Å². The molecule has 0 radical (unpaired) electrons. The number of methoxy groups -OCH3 is 1. The summed E-state index contributed by atoms with van der Waals surface area (Å²) in [6, 6.07) is -0.0813. The van der Waals surface area contributed by atoms with Crippen LogP contribution >= 0.6 is 0 Å². The van der Waals surface area contributed by atoms with Crippen molar-refractivity contribution in [3.63, 3.8) is 0 Å². The van der Waals surface area contributed by atoms with Gasteiger partial charge in [0.05, 0.1) is 12.0 Å². The quantitative estimate of drug-likeness (QED) is 0.721. The Morgan fingerprint density at radius 1 is 1.40 bits per heavy atom. The van der Waals surface area contributed by atoms with Gasteiger partial charge >= 0.3 is 5.97 Å². The summed E-state index contributed by atoms with van der Waals surface area (Å²) in [5, 5.41) is 12.3. The SMILES string of the molecule is CCC(C)N(CC(=O)O)C(=O)C1(COC)CCNCC1. The van der Waals surface area contributed by atoms with E-state index in [0.717, 1.165) is 19.5 Å². The van der Waals surface area contributed by atoms with E-state index < -0.39 is 11.4 Å². The van der Waals surface area contributed by atoms with Crippen LogP contribution in [0.5, 0.6) is 0 Å². The first-order valence-corrected chi connectivity index (χ1v) is 7.19. The van der Waals surface area contributed by atoms with Crippen molar-refractivity contribution in [3.8, 4) is 0 Å². The summed E-state index contributed by atoms with van der Waals surface area (Å²) in [6.45, 7) is 5.47. The average Bonchev–Trinajstić information content (AvgIpc) is 2.44. The summed E-state index contributed by atoms with van der Waals surface area (Å²) < 4.78 is 5.25. The second-order valence-corrected chi connectivity index (χ2v) is 5.55. The van der Waals surface area contributed by atoms with Crippen molar-refractivity contribution in [1.29, 1.82) is 0 Å². The molecule has 1 unspecified atom stereocenters. The second kappa shape index (κ2) is 7.59. The number of ether oxygens (including phenoxy) is 1. The van der Waals surface area contributed by atoms with Gasteiger partial charge in [-0.05, 0) is 39.3 Å². The highest BCUT2D eigenvalue weighted by atomic mass is 16.5. The molecule has 0 aromatic heterocycles. The van der Waals surface area contributed by atoms with Crippen LogP contribution in [0, 0.1) is 5.41 Å². The molecule has 0 spiro atoms. The van der Waals surface area contributed by atoms with Crippen LogP contribution in [-0.4, -0.2) is 61.3 Å². The highest BCUT2D eigenvalue weighted by Gasteiger charge is 2.43. The average molecular weight is 286 g/mol. The maximum Gasteiger partial charge on any atom is 0.323 e. The number of hydrogen-bond donors (Lipinski definition) is 2. The zero-order chi connectivity index (χ0) is 15.2. The van der Waals surface area contributed by atoms with Gasteiger partial charge in [-0.1, -0.05) is 6.92 Å². The van der Waals surface area contributed by atoms with Crippen molar-refractivity contribution >= 4 is 11.9 Å². The number of hydrogen-bond acceptors (Lipinski definition) is 4. The summed E-state index contributed by atoms with van der Waals surface area (Å²) in [5.41, 5.74) is -0.584. The zero-order valence-corrected chi connectivity index (χ0v) is 12.6. The second-order valence-electron chi connectivity index (χ2n) is 5.55. The Bertz CT molecular complexity index is 335. The molecule has 1 rings (SSSR count). The third kappa shape index (κ3) is 3.93. The highest BCUT2D eigenvalue weighted by Crippen LogP contribution is 2.32. The normalized spacial score (nSPS) is 19.4. The standard InChI is InChI=1S/C14H26N2O4/c1-4-11(2)16(9-12(17)18)13(19)14(10-20-3)5-7-15-8-6-14/h11,15H,4-10H2,1-3H3,(H,17,18).